The molecule has 2 amide bonds. The van der Waals surface area contributed by atoms with Crippen LogP contribution in [0, 0.1) is 11.6 Å². The number of hydrogen-bond acceptors (Lipinski definition) is 5. The van der Waals surface area contributed by atoms with Crippen LogP contribution in [0.1, 0.15) is 33.5 Å². The molecule has 0 atom stereocenters. The summed E-state index contributed by atoms with van der Waals surface area (Å²) in [7, 11) is 9.04. The Bertz CT molecular complexity index is 1340. The van der Waals surface area contributed by atoms with Gasteiger partial charge in [-0.1, -0.05) is 6.92 Å². The summed E-state index contributed by atoms with van der Waals surface area (Å²) in [6, 6.07) is 7.69. The first kappa shape index (κ1) is 33.1. The van der Waals surface area contributed by atoms with Crippen LogP contribution in [0.4, 0.5) is 14.5 Å². The predicted molar refractivity (Wildman–Crippen MR) is 145 cm³/mol. The highest BCUT2D eigenvalue weighted by atomic mass is 127. The second-order valence-electron chi connectivity index (χ2n) is 10.0. The number of rotatable bonds is 12. The third-order valence-electron chi connectivity index (χ3n) is 6.16. The van der Waals surface area contributed by atoms with Crippen LogP contribution in [0.3, 0.4) is 0 Å². The Balaban J connectivity index is 0.00000560. The molecule has 2 N–H and O–H groups in total. The SMILES string of the molecule is CCc1cc(NC(=O)c2ncc(-c3ccc(OC)c(F)c3F)n2C)ccc1C(=O)NCCOCC[N+](C)(C)C.[I-]. The zero-order chi connectivity index (χ0) is 28.7. The maximum Gasteiger partial charge on any atom is 0.291 e. The van der Waals surface area contributed by atoms with E-state index in [2.05, 4.69) is 36.8 Å². The maximum absolute atomic E-state index is 14.6. The molecule has 3 rings (SSSR count). The van der Waals surface area contributed by atoms with Gasteiger partial charge in [0.05, 0.1) is 53.4 Å². The quantitative estimate of drug-likeness (QED) is 0.168. The molecule has 2 aromatic carbocycles. The number of halogens is 3. The first-order valence-electron chi connectivity index (χ1n) is 12.6. The summed E-state index contributed by atoms with van der Waals surface area (Å²) >= 11 is 0. The van der Waals surface area contributed by atoms with E-state index in [1.807, 2.05) is 6.92 Å². The van der Waals surface area contributed by atoms with Gasteiger partial charge < -0.3 is 53.1 Å². The van der Waals surface area contributed by atoms with Gasteiger partial charge in [-0.15, -0.1) is 0 Å². The molecule has 40 heavy (non-hydrogen) atoms. The standard InChI is InChI=1S/C28H35F2N5O4.HI/c1-7-18-16-19(8-9-20(18)27(36)31-12-14-39-15-13-35(3,4)5)33-28(37)26-32-17-22(34(26)2)21-10-11-23(38-6)25(30)24(21)29;/h8-11,16-17H,7,12-15H2,1-6H3,(H-,31,33,36,37);1H. The normalized spacial score (nSPS) is 11.1. The van der Waals surface area contributed by atoms with Gasteiger partial charge in [-0.3, -0.25) is 9.59 Å². The minimum atomic E-state index is -1.12. The first-order valence-corrected chi connectivity index (χ1v) is 12.6. The number of likely N-dealkylation sites (N-methyl/N-ethyl adjacent to an activating group) is 1. The Morgan fingerprint density at radius 1 is 1.05 bits per heavy atom. The number of aryl methyl sites for hydroxylation is 1. The molecule has 0 unspecified atom stereocenters. The molecular weight excluding hydrogens is 635 g/mol. The van der Waals surface area contributed by atoms with Crippen molar-refractivity contribution < 1.29 is 56.3 Å². The fourth-order valence-electron chi connectivity index (χ4n) is 3.90. The predicted octanol–water partition coefficient (Wildman–Crippen LogP) is 0.645. The largest absolute Gasteiger partial charge is 1.00 e. The van der Waals surface area contributed by atoms with E-state index in [9.17, 15) is 18.4 Å². The molecule has 12 heteroatoms. The van der Waals surface area contributed by atoms with Crippen LogP contribution in [0.5, 0.6) is 5.75 Å². The number of methoxy groups -OCH3 is 1. The number of aromatic nitrogens is 2. The highest BCUT2D eigenvalue weighted by Gasteiger charge is 2.21. The van der Waals surface area contributed by atoms with Gasteiger partial charge in [0.1, 0.15) is 6.54 Å². The second-order valence-corrected chi connectivity index (χ2v) is 10.0. The van der Waals surface area contributed by atoms with Crippen molar-refractivity contribution in [3.05, 3.63) is 65.1 Å². The van der Waals surface area contributed by atoms with E-state index in [0.717, 1.165) is 16.6 Å². The molecule has 0 radical (unpaired) electrons. The fraction of sp³-hybridized carbons (Fsp3) is 0.393. The molecule has 1 aromatic heterocycles. The highest BCUT2D eigenvalue weighted by Crippen LogP contribution is 2.30. The molecule has 9 nitrogen and oxygen atoms in total. The molecule has 0 aliphatic heterocycles. The van der Waals surface area contributed by atoms with Gasteiger partial charge in [-0.05, 0) is 42.3 Å². The fourth-order valence-corrected chi connectivity index (χ4v) is 3.90. The Hall–Kier alpha value is -3.10. The average Bonchev–Trinajstić information content (AvgIpc) is 3.27. The summed E-state index contributed by atoms with van der Waals surface area (Å²) in [4.78, 5) is 29.8. The van der Waals surface area contributed by atoms with Gasteiger partial charge in [0.25, 0.3) is 11.8 Å². The van der Waals surface area contributed by atoms with E-state index in [-0.39, 0.29) is 52.7 Å². The van der Waals surface area contributed by atoms with Crippen molar-refractivity contribution in [2.45, 2.75) is 13.3 Å². The molecule has 218 valence electrons. The van der Waals surface area contributed by atoms with Crippen molar-refractivity contribution in [3.63, 3.8) is 0 Å². The summed E-state index contributed by atoms with van der Waals surface area (Å²) in [5.41, 5.74) is 1.92. The second kappa shape index (κ2) is 14.5. The van der Waals surface area contributed by atoms with Gasteiger partial charge in [-0.2, -0.15) is 4.39 Å². The van der Waals surface area contributed by atoms with Crippen LogP contribution in [-0.4, -0.2) is 80.4 Å². The molecule has 0 bridgehead atoms. The number of anilines is 1. The van der Waals surface area contributed by atoms with Crippen LogP contribution in [0.2, 0.25) is 0 Å². The number of imidazole rings is 1. The van der Waals surface area contributed by atoms with Crippen LogP contribution >= 0.6 is 0 Å². The Morgan fingerprint density at radius 3 is 2.42 bits per heavy atom. The summed E-state index contributed by atoms with van der Waals surface area (Å²) in [5.74, 6) is -3.19. The van der Waals surface area contributed by atoms with Crippen molar-refractivity contribution in [1.82, 2.24) is 14.9 Å². The third kappa shape index (κ3) is 8.21. The number of quaternary nitrogens is 1. The lowest BCUT2D eigenvalue weighted by atomic mass is 10.0. The average molecular weight is 672 g/mol. The number of nitrogens with zero attached hydrogens (tertiary/aromatic N) is 3. The first-order chi connectivity index (χ1) is 18.5. The maximum atomic E-state index is 14.6. The molecule has 0 aliphatic carbocycles. The number of hydrogen-bond donors (Lipinski definition) is 2. The van der Waals surface area contributed by atoms with Crippen molar-refractivity contribution in [3.8, 4) is 17.0 Å². The van der Waals surface area contributed by atoms with Crippen LogP contribution in [0.15, 0.2) is 36.5 Å². The number of nitrogens with one attached hydrogen (secondary N) is 2. The number of amides is 2. The molecular formula is C28H36F2IN5O4. The Kier molecular flexibility index (Phi) is 12.0. The summed E-state index contributed by atoms with van der Waals surface area (Å²) in [6.45, 7) is 4.20. The molecule has 0 saturated carbocycles. The van der Waals surface area contributed by atoms with Crippen LogP contribution in [0.25, 0.3) is 11.3 Å². The molecule has 3 aromatic rings. The van der Waals surface area contributed by atoms with Gasteiger partial charge in [0, 0.05) is 30.4 Å². The van der Waals surface area contributed by atoms with Crippen LogP contribution < -0.4 is 39.3 Å². The lowest BCUT2D eigenvalue weighted by molar-refractivity contribution is -0.870. The number of benzene rings is 2. The molecule has 0 fully saturated rings. The molecule has 0 spiro atoms. The number of carbonyl (C=O) groups is 2. The van der Waals surface area contributed by atoms with E-state index >= 15 is 0 Å². The lowest BCUT2D eigenvalue weighted by Gasteiger charge is -2.23. The van der Waals surface area contributed by atoms with Crippen molar-refractivity contribution in [1.29, 1.82) is 0 Å². The monoisotopic (exact) mass is 671 g/mol. The number of ether oxygens (including phenoxy) is 2. The van der Waals surface area contributed by atoms with Gasteiger partial charge in [-0.25, -0.2) is 9.37 Å². The zero-order valence-corrected chi connectivity index (χ0v) is 25.8. The Labute approximate surface area is 250 Å². The van der Waals surface area contributed by atoms with E-state index in [1.165, 1.54) is 37.1 Å². The van der Waals surface area contributed by atoms with E-state index in [4.69, 9.17) is 9.47 Å². The zero-order valence-electron chi connectivity index (χ0n) is 23.6. The minimum absolute atomic E-state index is 0. The lowest BCUT2D eigenvalue weighted by Crippen LogP contribution is -3.00. The molecule has 0 aliphatic rings. The molecule has 1 heterocycles. The van der Waals surface area contributed by atoms with Crippen LogP contribution in [-0.2, 0) is 18.2 Å². The van der Waals surface area contributed by atoms with Gasteiger partial charge in [0.2, 0.25) is 5.82 Å². The van der Waals surface area contributed by atoms with Gasteiger partial charge >= 0.3 is 0 Å². The molecule has 0 saturated heterocycles. The van der Waals surface area contributed by atoms with Crippen molar-refractivity contribution in [2.75, 3.05) is 59.9 Å². The van der Waals surface area contributed by atoms with Crippen molar-refractivity contribution in [2.24, 2.45) is 7.05 Å². The Morgan fingerprint density at radius 2 is 1.77 bits per heavy atom. The summed E-state index contributed by atoms with van der Waals surface area (Å²) in [5, 5.41) is 5.63. The topological polar surface area (TPSA) is 94.5 Å². The summed E-state index contributed by atoms with van der Waals surface area (Å²) < 4.78 is 41.4. The van der Waals surface area contributed by atoms with E-state index < -0.39 is 17.5 Å². The third-order valence-corrected chi connectivity index (χ3v) is 6.16. The number of carbonyl (C=O) groups excluding carboxylic acids is 2. The summed E-state index contributed by atoms with van der Waals surface area (Å²) in [6.07, 6.45) is 1.87. The van der Waals surface area contributed by atoms with E-state index in [1.54, 1.807) is 18.2 Å². The van der Waals surface area contributed by atoms with Gasteiger partial charge in [0.15, 0.2) is 17.4 Å². The van der Waals surface area contributed by atoms with Crippen molar-refractivity contribution >= 4 is 17.5 Å². The highest BCUT2D eigenvalue weighted by molar-refractivity contribution is 6.03. The van der Waals surface area contributed by atoms with E-state index in [0.29, 0.717) is 37.4 Å². The minimum Gasteiger partial charge on any atom is -1.00 e. The smallest absolute Gasteiger partial charge is 0.291 e.